The van der Waals surface area contributed by atoms with E-state index in [0.29, 0.717) is 39.5 Å². The highest BCUT2D eigenvalue weighted by Gasteiger charge is 2.34. The van der Waals surface area contributed by atoms with Crippen LogP contribution in [0.1, 0.15) is 24.0 Å². The number of benzene rings is 2. The van der Waals surface area contributed by atoms with Gasteiger partial charge in [0.2, 0.25) is 5.95 Å². The van der Waals surface area contributed by atoms with E-state index in [0.717, 1.165) is 24.3 Å². The predicted octanol–water partition coefficient (Wildman–Crippen LogP) is 10.4. The number of hydrogen-bond acceptors (Lipinski definition) is 5. The molecule has 0 atom stereocenters. The molecule has 0 spiro atoms. The van der Waals surface area contributed by atoms with Gasteiger partial charge in [-0.25, -0.2) is 46.3 Å². The van der Waals surface area contributed by atoms with Gasteiger partial charge in [0.25, 0.3) is 5.92 Å². The third-order valence-corrected chi connectivity index (χ3v) is 9.13. The molecule has 0 unspecified atom stereocenters. The van der Waals surface area contributed by atoms with Crippen LogP contribution in [0.25, 0.3) is 44.3 Å². The minimum Gasteiger partial charge on any atom is -0.356 e. The number of alkyl halides is 2. The largest absolute Gasteiger partial charge is 0.356 e. The molecule has 6 aromatic rings. The molecule has 14 heteroatoms. The number of nitrogens with zero attached hydrogens (tertiary/aromatic N) is 5. The van der Waals surface area contributed by atoms with Crippen LogP contribution in [0.15, 0.2) is 60.9 Å². The minimum atomic E-state index is -2.62. The van der Waals surface area contributed by atoms with Crippen molar-refractivity contribution in [1.82, 2.24) is 19.9 Å². The molecule has 1 fully saturated rings. The average molecular weight is 719 g/mol. The van der Waals surface area contributed by atoms with Crippen molar-refractivity contribution in [3.8, 4) is 22.5 Å². The van der Waals surface area contributed by atoms with Crippen LogP contribution in [-0.4, -0.2) is 38.9 Å². The second-order valence-corrected chi connectivity index (χ2v) is 12.2. The highest BCUT2D eigenvalue weighted by molar-refractivity contribution is 6.37. The predicted molar refractivity (Wildman–Crippen MR) is 176 cm³/mol. The number of piperidine rings is 1. The van der Waals surface area contributed by atoms with E-state index in [1.165, 1.54) is 18.3 Å². The Morgan fingerprint density at radius 2 is 1.12 bits per heavy atom. The monoisotopic (exact) mass is 717 g/mol. The second-order valence-electron chi connectivity index (χ2n) is 11.5. The standard InChI is InChI=1S/C20H16ClF4N3.C15H8ClF3N2/c1-11-18(21)17-14(23)8-13(22)9-15(17)27-19(11)12-2-3-16(26-10-12)28-6-4-20(24,25)5-7-28;1-7-14(16)13-10(18)4-9(17)5-11(13)21-15(7)8-2-3-12(19)20-6-8/h2-3,8-10H,4-7H2,1H3;2-6H,1H3. The van der Waals surface area contributed by atoms with E-state index in [1.807, 2.05) is 0 Å². The summed E-state index contributed by atoms with van der Waals surface area (Å²) in [6.07, 6.45) is 2.46. The fourth-order valence-corrected chi connectivity index (χ4v) is 6.13. The zero-order valence-electron chi connectivity index (χ0n) is 25.7. The summed E-state index contributed by atoms with van der Waals surface area (Å²) in [5.41, 5.74) is 3.29. The first-order valence-corrected chi connectivity index (χ1v) is 15.6. The van der Waals surface area contributed by atoms with Gasteiger partial charge in [0.1, 0.15) is 29.1 Å². The summed E-state index contributed by atoms with van der Waals surface area (Å²) in [5.74, 6) is -5.66. The van der Waals surface area contributed by atoms with E-state index in [4.69, 9.17) is 23.2 Å². The quantitative estimate of drug-likeness (QED) is 0.135. The maximum Gasteiger partial charge on any atom is 0.251 e. The van der Waals surface area contributed by atoms with E-state index >= 15 is 0 Å². The van der Waals surface area contributed by atoms with Crippen molar-refractivity contribution in [3.63, 3.8) is 0 Å². The summed E-state index contributed by atoms with van der Waals surface area (Å²) in [6.45, 7) is 3.83. The van der Waals surface area contributed by atoms with Gasteiger partial charge in [-0.2, -0.15) is 4.39 Å². The molecular weight excluding hydrogens is 694 g/mol. The highest BCUT2D eigenvalue weighted by Crippen LogP contribution is 2.37. The lowest BCUT2D eigenvalue weighted by molar-refractivity contribution is -0.0221. The van der Waals surface area contributed by atoms with Crippen LogP contribution in [-0.2, 0) is 0 Å². The van der Waals surface area contributed by atoms with Crippen molar-refractivity contribution in [2.75, 3.05) is 18.0 Å². The molecule has 4 aromatic heterocycles. The fraction of sp³-hybridized carbons (Fsp3) is 0.200. The summed E-state index contributed by atoms with van der Waals surface area (Å²) in [6, 6.07) is 9.90. The molecule has 5 nitrogen and oxygen atoms in total. The third-order valence-electron chi connectivity index (χ3n) is 8.18. The summed E-state index contributed by atoms with van der Waals surface area (Å²) >= 11 is 12.5. The summed E-state index contributed by atoms with van der Waals surface area (Å²) in [4.78, 5) is 18.3. The van der Waals surface area contributed by atoms with Gasteiger partial charge in [-0.3, -0.25) is 0 Å². The lowest BCUT2D eigenvalue weighted by Crippen LogP contribution is -2.39. The van der Waals surface area contributed by atoms with Gasteiger partial charge < -0.3 is 4.90 Å². The Balaban J connectivity index is 0.000000177. The van der Waals surface area contributed by atoms with Crippen molar-refractivity contribution in [1.29, 1.82) is 0 Å². The van der Waals surface area contributed by atoms with E-state index in [-0.39, 0.29) is 57.8 Å². The molecule has 1 aliphatic heterocycles. The first-order chi connectivity index (χ1) is 23.2. The number of fused-ring (bicyclic) bond motifs is 2. The van der Waals surface area contributed by atoms with Gasteiger partial charge in [0.05, 0.1) is 43.2 Å². The van der Waals surface area contributed by atoms with Crippen molar-refractivity contribution < 1.29 is 30.7 Å². The molecule has 252 valence electrons. The van der Waals surface area contributed by atoms with Crippen molar-refractivity contribution in [2.45, 2.75) is 32.6 Å². The molecule has 2 aromatic carbocycles. The third kappa shape index (κ3) is 6.98. The number of hydrogen-bond donors (Lipinski definition) is 0. The Labute approximate surface area is 285 Å². The molecule has 0 radical (unpaired) electrons. The van der Waals surface area contributed by atoms with E-state index in [9.17, 15) is 30.7 Å². The molecule has 0 aliphatic carbocycles. The highest BCUT2D eigenvalue weighted by atomic mass is 35.5. The van der Waals surface area contributed by atoms with Crippen LogP contribution in [0, 0.1) is 43.1 Å². The number of anilines is 1. The molecule has 49 heavy (non-hydrogen) atoms. The SMILES string of the molecule is Cc1c(-c2ccc(F)nc2)nc2cc(F)cc(F)c2c1Cl.Cc1c(-c2ccc(N3CCC(F)(F)CC3)nc2)nc2cc(F)cc(F)c2c1Cl. The molecule has 7 rings (SSSR count). The molecule has 0 bridgehead atoms. The average Bonchev–Trinajstić information content (AvgIpc) is 3.05. The van der Waals surface area contributed by atoms with Crippen LogP contribution in [0.3, 0.4) is 0 Å². The van der Waals surface area contributed by atoms with Gasteiger partial charge in [-0.15, -0.1) is 0 Å². The summed E-state index contributed by atoms with van der Waals surface area (Å²) in [5, 5.41) is 0.453. The Morgan fingerprint density at radius 1 is 0.653 bits per heavy atom. The second kappa shape index (κ2) is 13.4. The minimum absolute atomic E-state index is 0.0642. The van der Waals surface area contributed by atoms with Gasteiger partial charge >= 0.3 is 0 Å². The van der Waals surface area contributed by atoms with Gasteiger partial charge in [0, 0.05) is 73.7 Å². The summed E-state index contributed by atoms with van der Waals surface area (Å²) < 4.78 is 94.4. The summed E-state index contributed by atoms with van der Waals surface area (Å²) in [7, 11) is 0. The number of halogens is 9. The number of rotatable bonds is 3. The zero-order chi connectivity index (χ0) is 35.2. The molecule has 1 saturated heterocycles. The van der Waals surface area contributed by atoms with Crippen LogP contribution in [0.2, 0.25) is 10.0 Å². The molecular formula is C35H24Cl2F7N5. The maximum absolute atomic E-state index is 14.1. The van der Waals surface area contributed by atoms with Crippen LogP contribution >= 0.6 is 23.2 Å². The van der Waals surface area contributed by atoms with Crippen molar-refractivity contribution in [2.24, 2.45) is 0 Å². The fourth-order valence-electron chi connectivity index (χ4n) is 5.58. The molecule has 5 heterocycles. The lowest BCUT2D eigenvalue weighted by Gasteiger charge is -2.32. The van der Waals surface area contributed by atoms with Crippen molar-refractivity contribution >= 4 is 50.8 Å². The first-order valence-electron chi connectivity index (χ1n) is 14.8. The van der Waals surface area contributed by atoms with Crippen LogP contribution in [0.4, 0.5) is 36.6 Å². The van der Waals surface area contributed by atoms with E-state index in [2.05, 4.69) is 19.9 Å². The van der Waals surface area contributed by atoms with Gasteiger partial charge in [0.15, 0.2) is 0 Å². The van der Waals surface area contributed by atoms with Gasteiger partial charge in [-0.05, 0) is 49.2 Å². The Morgan fingerprint density at radius 3 is 1.55 bits per heavy atom. The van der Waals surface area contributed by atoms with E-state index in [1.54, 1.807) is 37.1 Å². The lowest BCUT2D eigenvalue weighted by atomic mass is 10.0. The molecule has 0 N–H and O–H groups in total. The maximum atomic E-state index is 14.1. The van der Waals surface area contributed by atoms with Crippen LogP contribution < -0.4 is 4.90 Å². The first kappa shape index (κ1) is 34.3. The normalized spacial score (nSPS) is 14.2. The topological polar surface area (TPSA) is 54.8 Å². The molecule has 1 aliphatic rings. The zero-order valence-corrected chi connectivity index (χ0v) is 27.3. The van der Waals surface area contributed by atoms with Crippen LogP contribution in [0.5, 0.6) is 0 Å². The Kier molecular flexibility index (Phi) is 9.38. The smallest absolute Gasteiger partial charge is 0.251 e. The molecule has 0 saturated carbocycles. The molecule has 0 amide bonds. The number of pyridine rings is 4. The van der Waals surface area contributed by atoms with Crippen molar-refractivity contribution in [3.05, 3.63) is 111 Å². The van der Waals surface area contributed by atoms with E-state index < -0.39 is 35.1 Å². The van der Waals surface area contributed by atoms with Gasteiger partial charge in [-0.1, -0.05) is 23.2 Å². The Hall–Kier alpha value is -4.55. The Bertz CT molecular complexity index is 2210. The number of aromatic nitrogens is 4.